The van der Waals surface area contributed by atoms with Crippen molar-refractivity contribution in [3.8, 4) is 23.3 Å². The van der Waals surface area contributed by atoms with Gasteiger partial charge in [-0.3, -0.25) is 4.98 Å². The van der Waals surface area contributed by atoms with Gasteiger partial charge >= 0.3 is 0 Å². The first-order valence-electron chi connectivity index (χ1n) is 7.94. The highest BCUT2D eigenvalue weighted by molar-refractivity contribution is 6.33. The van der Waals surface area contributed by atoms with E-state index in [0.717, 1.165) is 0 Å². The van der Waals surface area contributed by atoms with Crippen molar-refractivity contribution in [3.63, 3.8) is 0 Å². The minimum Gasteiger partial charge on any atom is -0.489 e. The lowest BCUT2D eigenvalue weighted by atomic mass is 10.1. The fourth-order valence-electron chi connectivity index (χ4n) is 2.49. The number of halogens is 1. The zero-order valence-electron chi connectivity index (χ0n) is 13.6. The average molecular weight is 368 g/mol. The molecular formula is C19H14ClN3O3. The van der Waals surface area contributed by atoms with Crippen LogP contribution in [-0.2, 0) is 4.74 Å². The third kappa shape index (κ3) is 3.36. The molecule has 0 spiro atoms. The molecule has 0 amide bonds. The summed E-state index contributed by atoms with van der Waals surface area (Å²) < 4.78 is 16.7. The van der Waals surface area contributed by atoms with E-state index in [1.165, 1.54) is 0 Å². The van der Waals surface area contributed by atoms with E-state index < -0.39 is 0 Å². The number of hydrogen-bond donors (Lipinski definition) is 1. The standard InChI is InChI=1S/C19H14ClN3O3/c20-15-6-12(1-2-16(15)22)26-18-3-4-23-17-7-19(25-10-13-9-24-13)11(8-21)5-14(17)18/h1-7,13H,9-10,22H2/t13-/m1/s1. The fraction of sp³-hybridized carbons (Fsp3) is 0.158. The van der Waals surface area contributed by atoms with E-state index >= 15 is 0 Å². The first kappa shape index (κ1) is 16.5. The number of epoxide rings is 1. The van der Waals surface area contributed by atoms with E-state index in [-0.39, 0.29) is 6.10 Å². The first-order chi connectivity index (χ1) is 12.6. The van der Waals surface area contributed by atoms with Crippen molar-refractivity contribution in [2.45, 2.75) is 6.10 Å². The predicted octanol–water partition coefficient (Wildman–Crippen LogP) is 3.91. The van der Waals surface area contributed by atoms with Gasteiger partial charge in [-0.05, 0) is 24.3 Å². The SMILES string of the molecule is N#Cc1cc2c(Oc3ccc(N)c(Cl)c3)ccnc2cc1OC[C@H]1CO1. The monoisotopic (exact) mass is 367 g/mol. The molecule has 2 N–H and O–H groups in total. The van der Waals surface area contributed by atoms with Gasteiger partial charge in [0.1, 0.15) is 36.0 Å². The van der Waals surface area contributed by atoms with Crippen molar-refractivity contribution in [1.82, 2.24) is 4.98 Å². The molecule has 0 aliphatic carbocycles. The number of hydrogen-bond acceptors (Lipinski definition) is 6. The van der Waals surface area contributed by atoms with Crippen LogP contribution in [0.4, 0.5) is 5.69 Å². The van der Waals surface area contributed by atoms with Gasteiger partial charge in [-0.1, -0.05) is 11.6 Å². The Bertz CT molecular complexity index is 1030. The van der Waals surface area contributed by atoms with Gasteiger partial charge in [0.25, 0.3) is 0 Å². The lowest BCUT2D eigenvalue weighted by Gasteiger charge is -2.12. The maximum Gasteiger partial charge on any atom is 0.139 e. The summed E-state index contributed by atoms with van der Waals surface area (Å²) in [4.78, 5) is 4.35. The quantitative estimate of drug-likeness (QED) is 0.542. The molecule has 1 saturated heterocycles. The second-order valence-corrected chi connectivity index (χ2v) is 6.25. The van der Waals surface area contributed by atoms with Crippen molar-refractivity contribution < 1.29 is 14.2 Å². The number of benzene rings is 2. The summed E-state index contributed by atoms with van der Waals surface area (Å²) in [7, 11) is 0. The normalized spacial score (nSPS) is 15.5. The van der Waals surface area contributed by atoms with E-state index in [1.807, 2.05) is 0 Å². The lowest BCUT2D eigenvalue weighted by Crippen LogP contribution is -2.05. The maximum absolute atomic E-state index is 9.45. The molecule has 2 aromatic carbocycles. The van der Waals surface area contributed by atoms with Gasteiger partial charge < -0.3 is 19.9 Å². The highest BCUT2D eigenvalue weighted by atomic mass is 35.5. The zero-order chi connectivity index (χ0) is 18.1. The number of ether oxygens (including phenoxy) is 3. The van der Waals surface area contributed by atoms with Crippen LogP contribution in [0.25, 0.3) is 10.9 Å². The molecule has 6 nitrogen and oxygen atoms in total. The Morgan fingerprint density at radius 3 is 2.85 bits per heavy atom. The van der Waals surface area contributed by atoms with E-state index in [4.69, 9.17) is 31.5 Å². The number of nitrogen functional groups attached to an aromatic ring is 1. The Labute approximate surface area is 154 Å². The summed E-state index contributed by atoms with van der Waals surface area (Å²) in [6, 6.07) is 12.4. The molecule has 7 heteroatoms. The van der Waals surface area contributed by atoms with Gasteiger partial charge in [0.05, 0.1) is 28.4 Å². The third-order valence-electron chi connectivity index (χ3n) is 3.95. The molecule has 1 fully saturated rings. The van der Waals surface area contributed by atoms with E-state index in [1.54, 1.807) is 42.6 Å². The minimum absolute atomic E-state index is 0.107. The first-order valence-corrected chi connectivity index (χ1v) is 8.32. The van der Waals surface area contributed by atoms with Crippen molar-refractivity contribution in [2.75, 3.05) is 18.9 Å². The van der Waals surface area contributed by atoms with E-state index in [0.29, 0.717) is 57.6 Å². The van der Waals surface area contributed by atoms with E-state index in [2.05, 4.69) is 11.1 Å². The molecule has 0 saturated carbocycles. The topological polar surface area (TPSA) is 93.7 Å². The Kier molecular flexibility index (Phi) is 4.25. The van der Waals surface area contributed by atoms with Gasteiger partial charge in [0.2, 0.25) is 0 Å². The Morgan fingerprint density at radius 1 is 1.27 bits per heavy atom. The van der Waals surface area contributed by atoms with Crippen LogP contribution in [0.2, 0.25) is 5.02 Å². The molecule has 0 unspecified atom stereocenters. The molecular weight excluding hydrogens is 354 g/mol. The Balaban J connectivity index is 1.70. The number of nitrogens with two attached hydrogens (primary N) is 1. The van der Waals surface area contributed by atoms with Crippen molar-refractivity contribution >= 4 is 28.2 Å². The number of nitriles is 1. The van der Waals surface area contributed by atoms with Gasteiger partial charge in [0.15, 0.2) is 0 Å². The predicted molar refractivity (Wildman–Crippen MR) is 97.6 cm³/mol. The Hall–Kier alpha value is -3.01. The van der Waals surface area contributed by atoms with Crippen LogP contribution in [-0.4, -0.2) is 24.3 Å². The zero-order valence-corrected chi connectivity index (χ0v) is 14.4. The Morgan fingerprint density at radius 2 is 2.12 bits per heavy atom. The summed E-state index contributed by atoms with van der Waals surface area (Å²) in [5.41, 5.74) is 7.27. The molecule has 1 aliphatic heterocycles. The fourth-order valence-corrected chi connectivity index (χ4v) is 2.66. The maximum atomic E-state index is 9.45. The van der Waals surface area contributed by atoms with Gasteiger partial charge in [-0.25, -0.2) is 0 Å². The molecule has 0 radical (unpaired) electrons. The third-order valence-corrected chi connectivity index (χ3v) is 4.28. The number of fused-ring (bicyclic) bond motifs is 1. The summed E-state index contributed by atoms with van der Waals surface area (Å²) >= 11 is 6.04. The van der Waals surface area contributed by atoms with Gasteiger partial charge in [-0.2, -0.15) is 5.26 Å². The van der Waals surface area contributed by atoms with E-state index in [9.17, 15) is 5.26 Å². The molecule has 26 heavy (non-hydrogen) atoms. The number of aromatic nitrogens is 1. The van der Waals surface area contributed by atoms with Crippen LogP contribution in [0, 0.1) is 11.3 Å². The molecule has 1 aliphatic rings. The highest BCUT2D eigenvalue weighted by Crippen LogP contribution is 2.34. The number of rotatable bonds is 5. The van der Waals surface area contributed by atoms with Crippen molar-refractivity contribution in [1.29, 1.82) is 5.26 Å². The number of anilines is 1. The molecule has 130 valence electrons. The van der Waals surface area contributed by atoms with Crippen LogP contribution in [0.15, 0.2) is 42.6 Å². The molecule has 0 bridgehead atoms. The minimum atomic E-state index is 0.107. The van der Waals surface area contributed by atoms with Crippen molar-refractivity contribution in [3.05, 3.63) is 53.2 Å². The van der Waals surface area contributed by atoms with Crippen molar-refractivity contribution in [2.24, 2.45) is 0 Å². The molecule has 2 heterocycles. The van der Waals surface area contributed by atoms with Crippen LogP contribution in [0.5, 0.6) is 17.2 Å². The number of nitrogens with zero attached hydrogens (tertiary/aromatic N) is 2. The highest BCUT2D eigenvalue weighted by Gasteiger charge is 2.24. The van der Waals surface area contributed by atoms with Gasteiger partial charge in [0, 0.05) is 23.7 Å². The van der Waals surface area contributed by atoms with Crippen LogP contribution < -0.4 is 15.2 Å². The smallest absolute Gasteiger partial charge is 0.139 e. The molecule has 1 aromatic heterocycles. The average Bonchev–Trinajstić information content (AvgIpc) is 3.47. The van der Waals surface area contributed by atoms with Crippen LogP contribution in [0.1, 0.15) is 5.56 Å². The molecule has 3 aromatic rings. The molecule has 1 atom stereocenters. The van der Waals surface area contributed by atoms with Crippen LogP contribution in [0.3, 0.4) is 0 Å². The summed E-state index contributed by atoms with van der Waals surface area (Å²) in [6.07, 6.45) is 1.74. The summed E-state index contributed by atoms with van der Waals surface area (Å²) in [5.74, 6) is 1.58. The second-order valence-electron chi connectivity index (χ2n) is 5.84. The van der Waals surface area contributed by atoms with Crippen LogP contribution >= 0.6 is 11.6 Å². The number of pyridine rings is 1. The second kappa shape index (κ2) is 6.71. The van der Waals surface area contributed by atoms with Gasteiger partial charge in [-0.15, -0.1) is 0 Å². The molecule has 4 rings (SSSR count). The largest absolute Gasteiger partial charge is 0.489 e. The summed E-state index contributed by atoms with van der Waals surface area (Å²) in [5, 5.41) is 10.6. The summed E-state index contributed by atoms with van der Waals surface area (Å²) in [6.45, 7) is 1.11. The lowest BCUT2D eigenvalue weighted by molar-refractivity contribution is 0.262.